The van der Waals surface area contributed by atoms with Crippen molar-refractivity contribution in [1.82, 2.24) is 0 Å². The number of anilines is 4. The van der Waals surface area contributed by atoms with Crippen LogP contribution in [0.2, 0.25) is 0 Å². The fourth-order valence-electron chi connectivity index (χ4n) is 5.25. The van der Waals surface area contributed by atoms with Crippen molar-refractivity contribution in [3.63, 3.8) is 0 Å². The Kier molecular flexibility index (Phi) is 7.68. The van der Waals surface area contributed by atoms with Gasteiger partial charge in [0.1, 0.15) is 0 Å². The molecule has 0 saturated heterocycles. The summed E-state index contributed by atoms with van der Waals surface area (Å²) in [6.07, 6.45) is 0. The lowest BCUT2D eigenvalue weighted by Gasteiger charge is -2.35. The maximum absolute atomic E-state index is 2.47. The number of hydrogen-bond acceptors (Lipinski definition) is 2. The fraction of sp³-hybridized carbons (Fsp3) is 0.0526. The van der Waals surface area contributed by atoms with Crippen molar-refractivity contribution in [2.24, 2.45) is 0 Å². The third-order valence-electron chi connectivity index (χ3n) is 7.16. The van der Waals surface area contributed by atoms with Crippen molar-refractivity contribution in [2.75, 3.05) is 9.80 Å². The molecule has 0 fully saturated rings. The van der Waals surface area contributed by atoms with Gasteiger partial charge in [-0.2, -0.15) is 0 Å². The SMILES string of the molecule is c1ccc(CN(c2ccccc2)c2cccc(-c3ccccc3)c2N(Cc2ccccc2)c2ccccc2)cc1. The zero-order chi connectivity index (χ0) is 27.0. The van der Waals surface area contributed by atoms with Gasteiger partial charge < -0.3 is 9.80 Å². The van der Waals surface area contributed by atoms with Gasteiger partial charge in [0.2, 0.25) is 0 Å². The highest BCUT2D eigenvalue weighted by Gasteiger charge is 2.23. The van der Waals surface area contributed by atoms with E-state index in [0.29, 0.717) is 0 Å². The minimum absolute atomic E-state index is 0.746. The van der Waals surface area contributed by atoms with Crippen molar-refractivity contribution in [3.05, 3.63) is 181 Å². The van der Waals surface area contributed by atoms with Crippen LogP contribution < -0.4 is 9.80 Å². The maximum atomic E-state index is 2.47. The van der Waals surface area contributed by atoms with E-state index in [-0.39, 0.29) is 0 Å². The largest absolute Gasteiger partial charge is 0.335 e. The lowest BCUT2D eigenvalue weighted by atomic mass is 9.99. The molecule has 0 aliphatic rings. The van der Waals surface area contributed by atoms with Crippen molar-refractivity contribution in [3.8, 4) is 11.1 Å². The van der Waals surface area contributed by atoms with Crippen LogP contribution in [0.15, 0.2) is 170 Å². The Bertz CT molecular complexity index is 1620. The zero-order valence-corrected chi connectivity index (χ0v) is 22.5. The molecule has 0 heterocycles. The summed E-state index contributed by atoms with van der Waals surface area (Å²) in [6.45, 7) is 1.50. The number of rotatable bonds is 9. The molecule has 0 radical (unpaired) electrons. The second kappa shape index (κ2) is 12.2. The van der Waals surface area contributed by atoms with Crippen molar-refractivity contribution in [1.29, 1.82) is 0 Å². The van der Waals surface area contributed by atoms with E-state index >= 15 is 0 Å². The average Bonchev–Trinajstić information content (AvgIpc) is 3.04. The van der Waals surface area contributed by atoms with Gasteiger partial charge in [-0.15, -0.1) is 0 Å². The number of para-hydroxylation sites is 3. The van der Waals surface area contributed by atoms with Gasteiger partial charge in [-0.1, -0.05) is 140 Å². The molecule has 0 aliphatic carbocycles. The lowest BCUT2D eigenvalue weighted by molar-refractivity contribution is 0.940. The minimum Gasteiger partial charge on any atom is -0.335 e. The van der Waals surface area contributed by atoms with Gasteiger partial charge in [0.15, 0.2) is 0 Å². The first-order chi connectivity index (χ1) is 19.9. The molecule has 6 rings (SSSR count). The van der Waals surface area contributed by atoms with Crippen LogP contribution in [0, 0.1) is 0 Å². The van der Waals surface area contributed by atoms with Gasteiger partial charge >= 0.3 is 0 Å². The highest BCUT2D eigenvalue weighted by atomic mass is 15.2. The normalized spacial score (nSPS) is 10.7. The summed E-state index contributed by atoms with van der Waals surface area (Å²) >= 11 is 0. The number of benzene rings is 6. The van der Waals surface area contributed by atoms with Crippen LogP contribution in [-0.2, 0) is 13.1 Å². The van der Waals surface area contributed by atoms with Crippen LogP contribution >= 0.6 is 0 Å². The second-order valence-corrected chi connectivity index (χ2v) is 9.85. The summed E-state index contributed by atoms with van der Waals surface area (Å²) < 4.78 is 0. The van der Waals surface area contributed by atoms with E-state index in [2.05, 4.69) is 180 Å². The van der Waals surface area contributed by atoms with E-state index in [4.69, 9.17) is 0 Å². The van der Waals surface area contributed by atoms with Crippen LogP contribution in [0.4, 0.5) is 22.7 Å². The molecule has 0 aromatic heterocycles. The molecule has 6 aromatic carbocycles. The highest BCUT2D eigenvalue weighted by molar-refractivity contribution is 5.93. The molecule has 0 saturated carbocycles. The molecule has 2 heteroatoms. The molecule has 194 valence electrons. The lowest BCUT2D eigenvalue weighted by Crippen LogP contribution is -2.23. The van der Waals surface area contributed by atoms with Gasteiger partial charge in [0.05, 0.1) is 11.4 Å². The minimum atomic E-state index is 0.746. The smallest absolute Gasteiger partial charge is 0.0735 e. The Hall–Kier alpha value is -5.08. The van der Waals surface area contributed by atoms with Gasteiger partial charge in [-0.25, -0.2) is 0 Å². The van der Waals surface area contributed by atoms with E-state index in [9.17, 15) is 0 Å². The number of hydrogen-bond donors (Lipinski definition) is 0. The van der Waals surface area contributed by atoms with Gasteiger partial charge in [0.25, 0.3) is 0 Å². The van der Waals surface area contributed by atoms with Crippen LogP contribution in [-0.4, -0.2) is 0 Å². The highest BCUT2D eigenvalue weighted by Crippen LogP contribution is 2.45. The molecule has 0 N–H and O–H groups in total. The molecule has 0 aliphatic heterocycles. The molecule has 6 aromatic rings. The fourth-order valence-corrected chi connectivity index (χ4v) is 5.25. The predicted octanol–water partition coefficient (Wildman–Crippen LogP) is 10.0. The third kappa shape index (κ3) is 5.67. The Balaban J connectivity index is 1.60. The average molecular weight is 517 g/mol. The van der Waals surface area contributed by atoms with E-state index in [1.165, 1.54) is 27.9 Å². The first-order valence-electron chi connectivity index (χ1n) is 13.8. The maximum Gasteiger partial charge on any atom is 0.0735 e. The van der Waals surface area contributed by atoms with E-state index in [1.807, 2.05) is 0 Å². The van der Waals surface area contributed by atoms with Gasteiger partial charge in [-0.3, -0.25) is 0 Å². The number of nitrogens with zero attached hydrogens (tertiary/aromatic N) is 2. The summed E-state index contributed by atoms with van der Waals surface area (Å²) in [6, 6.07) is 60.3. The van der Waals surface area contributed by atoms with Crippen LogP contribution in [0.3, 0.4) is 0 Å². The first-order valence-corrected chi connectivity index (χ1v) is 13.8. The molecular weight excluding hydrogens is 484 g/mol. The summed E-state index contributed by atoms with van der Waals surface area (Å²) in [5, 5.41) is 0. The molecular formula is C38H32N2. The Labute approximate surface area is 237 Å². The van der Waals surface area contributed by atoms with Crippen molar-refractivity contribution < 1.29 is 0 Å². The Morgan fingerprint density at radius 3 is 1.30 bits per heavy atom. The Morgan fingerprint density at radius 2 is 0.775 bits per heavy atom. The van der Waals surface area contributed by atoms with Gasteiger partial charge in [-0.05, 0) is 47.0 Å². The van der Waals surface area contributed by atoms with E-state index in [0.717, 1.165) is 30.2 Å². The Morgan fingerprint density at radius 1 is 0.350 bits per heavy atom. The first kappa shape index (κ1) is 25.2. The zero-order valence-electron chi connectivity index (χ0n) is 22.5. The second-order valence-electron chi connectivity index (χ2n) is 9.85. The molecule has 0 atom stereocenters. The summed E-state index contributed by atoms with van der Waals surface area (Å²) in [5.41, 5.74) is 9.58. The van der Waals surface area contributed by atoms with Crippen molar-refractivity contribution in [2.45, 2.75) is 13.1 Å². The van der Waals surface area contributed by atoms with Gasteiger partial charge in [0, 0.05) is 30.0 Å². The summed E-state index contributed by atoms with van der Waals surface area (Å²) in [4.78, 5) is 4.91. The standard InChI is InChI=1S/C38H32N2/c1-6-17-31(18-7-1)29-39(34-23-12-4-13-24-34)37-28-16-27-36(33-21-10-3-11-22-33)38(37)40(35-25-14-5-15-26-35)30-32-19-8-2-9-20-32/h1-28H,29-30H2. The molecule has 0 amide bonds. The van der Waals surface area contributed by atoms with Crippen LogP contribution in [0.25, 0.3) is 11.1 Å². The molecule has 40 heavy (non-hydrogen) atoms. The van der Waals surface area contributed by atoms with Crippen LogP contribution in [0.5, 0.6) is 0 Å². The van der Waals surface area contributed by atoms with E-state index in [1.54, 1.807) is 0 Å². The third-order valence-corrected chi connectivity index (χ3v) is 7.16. The van der Waals surface area contributed by atoms with Crippen LogP contribution in [0.1, 0.15) is 11.1 Å². The van der Waals surface area contributed by atoms with E-state index < -0.39 is 0 Å². The van der Waals surface area contributed by atoms with Crippen molar-refractivity contribution >= 4 is 22.7 Å². The molecule has 0 spiro atoms. The molecule has 0 bridgehead atoms. The quantitative estimate of drug-likeness (QED) is 0.189. The predicted molar refractivity (Wildman–Crippen MR) is 169 cm³/mol. The molecule has 0 unspecified atom stereocenters. The summed E-state index contributed by atoms with van der Waals surface area (Å²) in [5.74, 6) is 0. The topological polar surface area (TPSA) is 6.48 Å². The summed E-state index contributed by atoms with van der Waals surface area (Å²) in [7, 11) is 0. The molecule has 2 nitrogen and oxygen atoms in total. The monoisotopic (exact) mass is 516 g/mol.